The van der Waals surface area contributed by atoms with E-state index < -0.39 is 5.91 Å². The number of hydrogen-bond acceptors (Lipinski definition) is 4. The highest BCUT2D eigenvalue weighted by atomic mass is 35.5. The second-order valence-electron chi connectivity index (χ2n) is 5.07. The van der Waals surface area contributed by atoms with Gasteiger partial charge in [-0.1, -0.05) is 23.7 Å². The number of nitrogens with one attached hydrogen (secondary N) is 1. The van der Waals surface area contributed by atoms with E-state index in [-0.39, 0.29) is 6.61 Å². The zero-order valence-electron chi connectivity index (χ0n) is 13.0. The Kier molecular flexibility index (Phi) is 4.57. The molecule has 0 aliphatic heterocycles. The molecule has 0 atom stereocenters. The van der Waals surface area contributed by atoms with Gasteiger partial charge in [0, 0.05) is 11.6 Å². The van der Waals surface area contributed by atoms with Gasteiger partial charge in [-0.15, -0.1) is 0 Å². The van der Waals surface area contributed by atoms with Crippen molar-refractivity contribution in [3.05, 3.63) is 41.4 Å². The maximum Gasteiger partial charge on any atom is 0.255 e. The number of H-pyrrole nitrogens is 1. The fraction of sp³-hybridized carbons (Fsp3) is 0.176. The van der Waals surface area contributed by atoms with Gasteiger partial charge in [0.1, 0.15) is 5.82 Å². The van der Waals surface area contributed by atoms with Crippen molar-refractivity contribution >= 4 is 28.5 Å². The van der Waals surface area contributed by atoms with Crippen LogP contribution in [0.15, 0.2) is 36.4 Å². The predicted octanol–water partition coefficient (Wildman–Crippen LogP) is 3.15. The Morgan fingerprint density at radius 3 is 2.71 bits per heavy atom. The molecule has 124 valence electrons. The maximum atomic E-state index is 10.9. The zero-order valence-corrected chi connectivity index (χ0v) is 13.8. The second kappa shape index (κ2) is 6.80. The Hall–Kier alpha value is -2.73. The van der Waals surface area contributed by atoms with Crippen molar-refractivity contribution in [2.45, 2.75) is 6.92 Å². The SMILES string of the molecule is CCOc1cc(-c2nc3ccccc3[nH]2)c(Cl)cc1OCC(N)=O. The van der Waals surface area contributed by atoms with Gasteiger partial charge in [-0.2, -0.15) is 0 Å². The summed E-state index contributed by atoms with van der Waals surface area (Å²) >= 11 is 6.37. The molecular formula is C17H16ClN3O3. The average molecular weight is 346 g/mol. The molecule has 0 unspecified atom stereocenters. The van der Waals surface area contributed by atoms with E-state index in [4.69, 9.17) is 26.8 Å². The third-order valence-electron chi connectivity index (χ3n) is 3.35. The van der Waals surface area contributed by atoms with Crippen LogP contribution in [0.3, 0.4) is 0 Å². The monoisotopic (exact) mass is 345 g/mol. The van der Waals surface area contributed by atoms with Crippen LogP contribution in [-0.2, 0) is 4.79 Å². The van der Waals surface area contributed by atoms with Crippen molar-refractivity contribution in [1.82, 2.24) is 9.97 Å². The van der Waals surface area contributed by atoms with Crippen LogP contribution in [0.1, 0.15) is 6.92 Å². The minimum Gasteiger partial charge on any atom is -0.490 e. The number of carbonyl (C=O) groups excluding carboxylic acids is 1. The average Bonchev–Trinajstić information content (AvgIpc) is 2.98. The standard InChI is InChI=1S/C17H16ClN3O3/c1-2-23-14-7-10(11(18)8-15(14)24-9-16(19)22)17-20-12-5-3-4-6-13(12)21-17/h3-8H,2,9H2,1H3,(H2,19,22)(H,20,21). The number of aromatic amines is 1. The molecule has 3 N–H and O–H groups in total. The number of rotatable bonds is 6. The van der Waals surface area contributed by atoms with Gasteiger partial charge < -0.3 is 20.2 Å². The highest BCUT2D eigenvalue weighted by Crippen LogP contribution is 2.38. The number of ether oxygens (including phenoxy) is 2. The normalized spacial score (nSPS) is 10.8. The molecular weight excluding hydrogens is 330 g/mol. The number of primary amides is 1. The number of amides is 1. The Balaban J connectivity index is 2.04. The molecule has 0 saturated heterocycles. The minimum atomic E-state index is -0.574. The first kappa shape index (κ1) is 16.1. The molecule has 24 heavy (non-hydrogen) atoms. The molecule has 2 aromatic carbocycles. The lowest BCUT2D eigenvalue weighted by Gasteiger charge is -2.13. The van der Waals surface area contributed by atoms with Crippen LogP contribution in [0, 0.1) is 0 Å². The minimum absolute atomic E-state index is 0.250. The molecule has 0 aliphatic carbocycles. The van der Waals surface area contributed by atoms with Crippen molar-refractivity contribution in [2.75, 3.05) is 13.2 Å². The summed E-state index contributed by atoms with van der Waals surface area (Å²) in [5, 5.41) is 0.428. The third kappa shape index (κ3) is 3.28. The third-order valence-corrected chi connectivity index (χ3v) is 3.66. The molecule has 1 amide bonds. The van der Waals surface area contributed by atoms with Crippen molar-refractivity contribution in [3.8, 4) is 22.9 Å². The Bertz CT molecular complexity index is 859. The largest absolute Gasteiger partial charge is 0.490 e. The summed E-state index contributed by atoms with van der Waals surface area (Å²) in [6.45, 7) is 2.04. The summed E-state index contributed by atoms with van der Waals surface area (Å²) in [5.41, 5.74) is 7.55. The van der Waals surface area contributed by atoms with E-state index in [9.17, 15) is 4.79 Å². The summed E-state index contributed by atoms with van der Waals surface area (Å²) in [6, 6.07) is 11.0. The molecule has 3 rings (SSSR count). The Morgan fingerprint density at radius 1 is 1.25 bits per heavy atom. The van der Waals surface area contributed by atoms with Crippen LogP contribution < -0.4 is 15.2 Å². The lowest BCUT2D eigenvalue weighted by molar-refractivity contribution is -0.119. The number of hydrogen-bond donors (Lipinski definition) is 2. The molecule has 0 spiro atoms. The molecule has 1 heterocycles. The molecule has 0 saturated carbocycles. The quantitative estimate of drug-likeness (QED) is 0.718. The lowest BCUT2D eigenvalue weighted by atomic mass is 10.2. The van der Waals surface area contributed by atoms with Gasteiger partial charge >= 0.3 is 0 Å². The van der Waals surface area contributed by atoms with Gasteiger partial charge in [0.05, 0.1) is 22.7 Å². The number of fused-ring (bicyclic) bond motifs is 1. The van der Waals surface area contributed by atoms with Gasteiger partial charge in [0.15, 0.2) is 18.1 Å². The number of halogens is 1. The van der Waals surface area contributed by atoms with Crippen molar-refractivity contribution in [3.63, 3.8) is 0 Å². The smallest absolute Gasteiger partial charge is 0.255 e. The summed E-state index contributed by atoms with van der Waals surface area (Å²) < 4.78 is 11.0. The van der Waals surface area contributed by atoms with Gasteiger partial charge in [-0.25, -0.2) is 4.98 Å². The van der Waals surface area contributed by atoms with E-state index >= 15 is 0 Å². The summed E-state index contributed by atoms with van der Waals surface area (Å²) in [6.07, 6.45) is 0. The first-order chi connectivity index (χ1) is 11.6. The van der Waals surface area contributed by atoms with Crippen molar-refractivity contribution in [1.29, 1.82) is 0 Å². The summed E-state index contributed by atoms with van der Waals surface area (Å²) in [7, 11) is 0. The Labute approximate surface area is 143 Å². The number of benzene rings is 2. The van der Waals surface area contributed by atoms with Crippen LogP contribution in [-0.4, -0.2) is 29.1 Å². The molecule has 0 aliphatic rings. The van der Waals surface area contributed by atoms with E-state index in [0.29, 0.717) is 34.5 Å². The topological polar surface area (TPSA) is 90.2 Å². The molecule has 7 heteroatoms. The number of para-hydroxylation sites is 2. The van der Waals surface area contributed by atoms with E-state index in [2.05, 4.69) is 9.97 Å². The lowest BCUT2D eigenvalue weighted by Crippen LogP contribution is -2.20. The van der Waals surface area contributed by atoms with Gasteiger partial charge in [0.2, 0.25) is 0 Å². The molecule has 1 aromatic heterocycles. The van der Waals surface area contributed by atoms with Gasteiger partial charge in [-0.05, 0) is 25.1 Å². The zero-order chi connectivity index (χ0) is 17.1. The van der Waals surface area contributed by atoms with Crippen LogP contribution >= 0.6 is 11.6 Å². The van der Waals surface area contributed by atoms with Crippen LogP contribution in [0.5, 0.6) is 11.5 Å². The van der Waals surface area contributed by atoms with E-state index in [1.54, 1.807) is 12.1 Å². The Morgan fingerprint density at radius 2 is 2.00 bits per heavy atom. The molecule has 6 nitrogen and oxygen atoms in total. The van der Waals surface area contributed by atoms with Gasteiger partial charge in [-0.3, -0.25) is 4.79 Å². The summed E-state index contributed by atoms with van der Waals surface area (Å²) in [4.78, 5) is 18.7. The van der Waals surface area contributed by atoms with Crippen molar-refractivity contribution in [2.24, 2.45) is 5.73 Å². The highest BCUT2D eigenvalue weighted by molar-refractivity contribution is 6.33. The number of carbonyl (C=O) groups is 1. The molecule has 0 bridgehead atoms. The molecule has 0 radical (unpaired) electrons. The van der Waals surface area contributed by atoms with Crippen LogP contribution in [0.25, 0.3) is 22.4 Å². The predicted molar refractivity (Wildman–Crippen MR) is 92.4 cm³/mol. The van der Waals surface area contributed by atoms with Gasteiger partial charge in [0.25, 0.3) is 5.91 Å². The first-order valence-electron chi connectivity index (χ1n) is 7.41. The molecule has 0 fully saturated rings. The van der Waals surface area contributed by atoms with E-state index in [1.807, 2.05) is 31.2 Å². The second-order valence-corrected chi connectivity index (χ2v) is 5.48. The number of aromatic nitrogens is 2. The van der Waals surface area contributed by atoms with Crippen molar-refractivity contribution < 1.29 is 14.3 Å². The fourth-order valence-electron chi connectivity index (χ4n) is 2.33. The van der Waals surface area contributed by atoms with Crippen LogP contribution in [0.4, 0.5) is 0 Å². The number of nitrogens with two attached hydrogens (primary N) is 1. The van der Waals surface area contributed by atoms with E-state index in [0.717, 1.165) is 11.0 Å². The molecule has 3 aromatic rings. The highest BCUT2D eigenvalue weighted by Gasteiger charge is 2.16. The maximum absolute atomic E-state index is 10.9. The number of nitrogens with zero attached hydrogens (tertiary/aromatic N) is 1. The summed E-state index contributed by atoms with van der Waals surface area (Å²) in [5.74, 6) is 0.887. The number of imidazole rings is 1. The fourth-order valence-corrected chi connectivity index (χ4v) is 2.57. The van der Waals surface area contributed by atoms with Crippen LogP contribution in [0.2, 0.25) is 5.02 Å². The van der Waals surface area contributed by atoms with E-state index in [1.165, 1.54) is 0 Å². The first-order valence-corrected chi connectivity index (χ1v) is 7.79.